The summed E-state index contributed by atoms with van der Waals surface area (Å²) < 4.78 is 10.8. The fourth-order valence-electron chi connectivity index (χ4n) is 3.39. The Morgan fingerprint density at radius 3 is 2.09 bits per heavy atom. The number of amides is 1. The normalized spacial score (nSPS) is 11.6. The van der Waals surface area contributed by atoms with Crippen LogP contribution in [0.3, 0.4) is 0 Å². The number of aromatic amines is 1. The molecule has 2 N–H and O–H groups in total. The summed E-state index contributed by atoms with van der Waals surface area (Å²) in [6, 6.07) is 25.6. The second-order valence-corrected chi connectivity index (χ2v) is 7.59. The summed E-state index contributed by atoms with van der Waals surface area (Å²) in [4.78, 5) is 33.0. The number of carbonyl (C=O) groups is 2. The number of imidazole rings is 1. The van der Waals surface area contributed by atoms with Crippen molar-refractivity contribution in [2.45, 2.75) is 32.1 Å². The number of rotatable bonds is 9. The average Bonchev–Trinajstić information content (AvgIpc) is 3.28. The van der Waals surface area contributed by atoms with E-state index in [1.165, 1.54) is 0 Å². The van der Waals surface area contributed by atoms with Crippen LogP contribution in [0.15, 0.2) is 84.9 Å². The highest BCUT2D eigenvalue weighted by Gasteiger charge is 2.24. The molecule has 4 aromatic rings. The molecular weight excluding hydrogens is 418 g/mol. The topological polar surface area (TPSA) is 93.3 Å². The van der Waals surface area contributed by atoms with E-state index in [-0.39, 0.29) is 13.2 Å². The summed E-state index contributed by atoms with van der Waals surface area (Å²) in [7, 11) is 0. The predicted molar refractivity (Wildman–Crippen MR) is 124 cm³/mol. The Morgan fingerprint density at radius 2 is 1.42 bits per heavy atom. The molecule has 3 aromatic carbocycles. The second-order valence-electron chi connectivity index (χ2n) is 7.59. The number of hydrogen-bond donors (Lipinski definition) is 2. The van der Waals surface area contributed by atoms with E-state index in [0.717, 1.165) is 28.0 Å². The average molecular weight is 444 g/mol. The third-order valence-corrected chi connectivity index (χ3v) is 5.12. The summed E-state index contributed by atoms with van der Waals surface area (Å²) in [6.45, 7) is 0.240. The zero-order chi connectivity index (χ0) is 22.9. The number of aryl methyl sites for hydroxylation is 1. The zero-order valence-electron chi connectivity index (χ0n) is 18.1. The Hall–Kier alpha value is -4.13. The number of benzene rings is 3. The van der Waals surface area contributed by atoms with Crippen LogP contribution in [0.1, 0.15) is 23.4 Å². The van der Waals surface area contributed by atoms with Crippen LogP contribution in [0.5, 0.6) is 0 Å². The molecule has 1 atom stereocenters. The molecule has 0 saturated heterocycles. The summed E-state index contributed by atoms with van der Waals surface area (Å²) >= 11 is 0. The van der Waals surface area contributed by atoms with Crippen molar-refractivity contribution in [1.82, 2.24) is 15.3 Å². The van der Waals surface area contributed by atoms with Gasteiger partial charge in [0.1, 0.15) is 25.1 Å². The summed E-state index contributed by atoms with van der Waals surface area (Å²) in [6.07, 6.45) is 0.0947. The number of nitrogens with one attached hydrogen (secondary N) is 2. The zero-order valence-corrected chi connectivity index (χ0v) is 18.1. The maximum atomic E-state index is 12.8. The molecule has 0 aliphatic rings. The lowest BCUT2D eigenvalue weighted by molar-refractivity contribution is -0.147. The maximum Gasteiger partial charge on any atom is 0.408 e. The van der Waals surface area contributed by atoms with Crippen molar-refractivity contribution in [3.8, 4) is 0 Å². The highest BCUT2D eigenvalue weighted by Crippen LogP contribution is 2.13. The van der Waals surface area contributed by atoms with Crippen LogP contribution < -0.4 is 5.32 Å². The highest BCUT2D eigenvalue weighted by atomic mass is 16.6. The first-order valence-electron chi connectivity index (χ1n) is 10.8. The molecule has 7 heteroatoms. The molecule has 0 bridgehead atoms. The van der Waals surface area contributed by atoms with Gasteiger partial charge in [0, 0.05) is 6.42 Å². The summed E-state index contributed by atoms with van der Waals surface area (Å²) in [5.74, 6) is 0.211. The van der Waals surface area contributed by atoms with Crippen molar-refractivity contribution in [1.29, 1.82) is 0 Å². The van der Waals surface area contributed by atoms with Gasteiger partial charge in [0.05, 0.1) is 11.0 Å². The van der Waals surface area contributed by atoms with E-state index in [4.69, 9.17) is 9.47 Å². The van der Waals surface area contributed by atoms with Gasteiger partial charge in [-0.1, -0.05) is 72.8 Å². The van der Waals surface area contributed by atoms with Crippen molar-refractivity contribution in [2.75, 3.05) is 0 Å². The lowest BCUT2D eigenvalue weighted by Gasteiger charge is -2.17. The number of para-hydroxylation sites is 2. The van der Waals surface area contributed by atoms with Crippen molar-refractivity contribution in [3.05, 3.63) is 102 Å². The fraction of sp³-hybridized carbons (Fsp3) is 0.192. The summed E-state index contributed by atoms with van der Waals surface area (Å²) in [5.41, 5.74) is 3.50. The van der Waals surface area contributed by atoms with Gasteiger partial charge in [-0.2, -0.15) is 0 Å². The minimum atomic E-state index is -0.870. The Bertz CT molecular complexity index is 1160. The van der Waals surface area contributed by atoms with E-state index in [1.54, 1.807) is 0 Å². The third kappa shape index (κ3) is 6.43. The molecule has 7 nitrogen and oxygen atoms in total. The van der Waals surface area contributed by atoms with Gasteiger partial charge < -0.3 is 19.8 Å². The molecule has 0 unspecified atom stereocenters. The molecule has 1 aromatic heterocycles. The van der Waals surface area contributed by atoms with Crippen LogP contribution in [0.25, 0.3) is 11.0 Å². The van der Waals surface area contributed by atoms with Gasteiger partial charge in [0.2, 0.25) is 0 Å². The van der Waals surface area contributed by atoms with Gasteiger partial charge in [-0.3, -0.25) is 0 Å². The molecule has 0 radical (unpaired) electrons. The van der Waals surface area contributed by atoms with E-state index < -0.39 is 18.1 Å². The molecule has 0 aliphatic heterocycles. The number of hydrogen-bond acceptors (Lipinski definition) is 5. The molecule has 0 aliphatic carbocycles. The number of nitrogens with zero attached hydrogens (tertiary/aromatic N) is 1. The maximum absolute atomic E-state index is 12.8. The van der Waals surface area contributed by atoms with E-state index in [0.29, 0.717) is 12.8 Å². The molecular formula is C26H25N3O4. The Morgan fingerprint density at radius 1 is 0.818 bits per heavy atom. The van der Waals surface area contributed by atoms with E-state index in [9.17, 15) is 9.59 Å². The van der Waals surface area contributed by atoms with Crippen LogP contribution in [-0.4, -0.2) is 28.1 Å². The Labute approximate surface area is 191 Å². The molecule has 1 heterocycles. The number of carbonyl (C=O) groups excluding carboxylic acids is 2. The number of fused-ring (bicyclic) bond motifs is 1. The van der Waals surface area contributed by atoms with Gasteiger partial charge >= 0.3 is 12.1 Å². The quantitative estimate of drug-likeness (QED) is 0.371. The van der Waals surface area contributed by atoms with Crippen LogP contribution in [-0.2, 0) is 33.9 Å². The molecule has 0 fully saturated rings. The first kappa shape index (κ1) is 22.1. The second kappa shape index (κ2) is 10.9. The van der Waals surface area contributed by atoms with Crippen LogP contribution >= 0.6 is 0 Å². The molecule has 0 spiro atoms. The van der Waals surface area contributed by atoms with E-state index in [1.807, 2.05) is 84.9 Å². The van der Waals surface area contributed by atoms with Crippen LogP contribution in [0.4, 0.5) is 4.79 Å². The van der Waals surface area contributed by atoms with E-state index >= 15 is 0 Å². The smallest absolute Gasteiger partial charge is 0.408 e. The van der Waals surface area contributed by atoms with Crippen molar-refractivity contribution < 1.29 is 19.1 Å². The van der Waals surface area contributed by atoms with Crippen molar-refractivity contribution in [3.63, 3.8) is 0 Å². The minimum absolute atomic E-state index is 0.113. The van der Waals surface area contributed by atoms with Gasteiger partial charge in [-0.15, -0.1) is 0 Å². The van der Waals surface area contributed by atoms with E-state index in [2.05, 4.69) is 15.3 Å². The standard InChI is InChI=1S/C26H25N3O4/c30-25(32-17-19-9-3-1-4-10-19)23(29-26(31)33-18-20-11-5-2-6-12-20)15-16-24-27-21-13-7-8-14-22(21)28-24/h1-14,23H,15-18H2,(H,27,28)(H,29,31)/t23-/m1/s1. The lowest BCUT2D eigenvalue weighted by Crippen LogP contribution is -2.42. The lowest BCUT2D eigenvalue weighted by atomic mass is 10.1. The molecule has 1 amide bonds. The van der Waals surface area contributed by atoms with Crippen LogP contribution in [0, 0.1) is 0 Å². The summed E-state index contributed by atoms with van der Waals surface area (Å²) in [5, 5.41) is 2.65. The number of alkyl carbamates (subject to hydrolysis) is 1. The third-order valence-electron chi connectivity index (χ3n) is 5.12. The van der Waals surface area contributed by atoms with Gasteiger partial charge in [0.25, 0.3) is 0 Å². The first-order valence-corrected chi connectivity index (χ1v) is 10.8. The molecule has 0 saturated carbocycles. The largest absolute Gasteiger partial charge is 0.459 e. The van der Waals surface area contributed by atoms with Crippen molar-refractivity contribution >= 4 is 23.1 Å². The number of aromatic nitrogens is 2. The number of ether oxygens (including phenoxy) is 2. The van der Waals surface area contributed by atoms with Gasteiger partial charge in [-0.25, -0.2) is 14.6 Å². The highest BCUT2D eigenvalue weighted by molar-refractivity contribution is 5.81. The SMILES string of the molecule is O=C(N[C@H](CCc1nc2ccccc2[nH]1)C(=O)OCc1ccccc1)OCc1ccccc1. The fourth-order valence-corrected chi connectivity index (χ4v) is 3.39. The number of H-pyrrole nitrogens is 1. The molecule has 33 heavy (non-hydrogen) atoms. The monoisotopic (exact) mass is 443 g/mol. The predicted octanol–water partition coefficient (Wildman–Crippen LogP) is 4.53. The van der Waals surface area contributed by atoms with Gasteiger partial charge in [-0.05, 0) is 29.7 Å². The van der Waals surface area contributed by atoms with Crippen molar-refractivity contribution in [2.24, 2.45) is 0 Å². The molecule has 168 valence electrons. The Balaban J connectivity index is 1.38. The number of esters is 1. The van der Waals surface area contributed by atoms with Gasteiger partial charge in [0.15, 0.2) is 0 Å². The molecule has 4 rings (SSSR count). The Kier molecular flexibility index (Phi) is 7.33. The first-order chi connectivity index (χ1) is 16.2. The minimum Gasteiger partial charge on any atom is -0.459 e. The van der Waals surface area contributed by atoms with Crippen LogP contribution in [0.2, 0.25) is 0 Å².